The van der Waals surface area contributed by atoms with Gasteiger partial charge in [-0.05, 0) is 41.1 Å². The zero-order chi connectivity index (χ0) is 12.4. The van der Waals surface area contributed by atoms with Gasteiger partial charge in [-0.1, -0.05) is 0 Å². The smallest absolute Gasteiger partial charge is 0.254 e. The Morgan fingerprint density at radius 2 is 2.28 bits per heavy atom. The second-order valence-corrected chi connectivity index (χ2v) is 5.03. The lowest BCUT2D eigenvalue weighted by atomic mass is 10.1. The van der Waals surface area contributed by atoms with Crippen molar-refractivity contribution in [1.29, 1.82) is 0 Å². The minimum absolute atomic E-state index is 0. The molecule has 0 saturated carbocycles. The molecule has 0 bridgehead atoms. The zero-order valence-electron chi connectivity index (χ0n) is 9.95. The molecule has 0 aliphatic carbocycles. The molecule has 1 aliphatic heterocycles. The van der Waals surface area contributed by atoms with Gasteiger partial charge in [-0.3, -0.25) is 4.79 Å². The van der Waals surface area contributed by atoms with Crippen LogP contribution in [0.1, 0.15) is 17.3 Å². The van der Waals surface area contributed by atoms with Gasteiger partial charge in [-0.25, -0.2) is 4.39 Å². The van der Waals surface area contributed by atoms with E-state index in [9.17, 15) is 9.18 Å². The Bertz CT molecular complexity index is 444. The second kappa shape index (κ2) is 6.50. The van der Waals surface area contributed by atoms with Crippen molar-refractivity contribution in [3.63, 3.8) is 0 Å². The standard InChI is InChI=1S/C12H14BrFN2O.ClH/c1-8-7-15-4-5-16(8)12(17)9-2-3-11(14)10(13)6-9;/h2-3,6,8,15H,4-5,7H2,1H3;1H/t8-;/m1./s1. The fourth-order valence-corrected chi connectivity index (χ4v) is 2.32. The summed E-state index contributed by atoms with van der Waals surface area (Å²) < 4.78 is 13.4. The Morgan fingerprint density at radius 1 is 1.56 bits per heavy atom. The molecule has 0 spiro atoms. The fourth-order valence-electron chi connectivity index (χ4n) is 1.94. The third-order valence-corrected chi connectivity index (χ3v) is 3.54. The fraction of sp³-hybridized carbons (Fsp3) is 0.417. The second-order valence-electron chi connectivity index (χ2n) is 4.18. The molecule has 6 heteroatoms. The molecule has 18 heavy (non-hydrogen) atoms. The molecule has 1 N–H and O–H groups in total. The van der Waals surface area contributed by atoms with Crippen molar-refractivity contribution in [3.05, 3.63) is 34.1 Å². The third-order valence-electron chi connectivity index (χ3n) is 2.93. The summed E-state index contributed by atoms with van der Waals surface area (Å²) in [7, 11) is 0. The largest absolute Gasteiger partial charge is 0.333 e. The Kier molecular flexibility index (Phi) is 5.56. The molecular weight excluding hydrogens is 322 g/mol. The first kappa shape index (κ1) is 15.4. The molecule has 100 valence electrons. The summed E-state index contributed by atoms with van der Waals surface area (Å²) in [5.41, 5.74) is 0.520. The first-order valence-electron chi connectivity index (χ1n) is 5.56. The van der Waals surface area contributed by atoms with E-state index < -0.39 is 0 Å². The van der Waals surface area contributed by atoms with Crippen LogP contribution in [0.15, 0.2) is 22.7 Å². The first-order valence-corrected chi connectivity index (χ1v) is 6.35. The van der Waals surface area contributed by atoms with E-state index >= 15 is 0 Å². The highest BCUT2D eigenvalue weighted by atomic mass is 79.9. The van der Waals surface area contributed by atoms with E-state index in [2.05, 4.69) is 21.2 Å². The summed E-state index contributed by atoms with van der Waals surface area (Å²) in [4.78, 5) is 14.0. The molecule has 1 aliphatic rings. The van der Waals surface area contributed by atoms with Crippen LogP contribution in [0.25, 0.3) is 0 Å². The summed E-state index contributed by atoms with van der Waals surface area (Å²) in [6.07, 6.45) is 0. The van der Waals surface area contributed by atoms with E-state index in [0.717, 1.165) is 13.1 Å². The summed E-state index contributed by atoms with van der Waals surface area (Å²) in [6, 6.07) is 4.54. The molecule has 3 nitrogen and oxygen atoms in total. The number of piperazine rings is 1. The Morgan fingerprint density at radius 3 is 2.89 bits per heavy atom. The van der Waals surface area contributed by atoms with Crippen LogP contribution < -0.4 is 5.32 Å². The highest BCUT2D eigenvalue weighted by Crippen LogP contribution is 2.19. The monoisotopic (exact) mass is 336 g/mol. The van der Waals surface area contributed by atoms with Gasteiger partial charge < -0.3 is 10.2 Å². The van der Waals surface area contributed by atoms with E-state index in [1.165, 1.54) is 18.2 Å². The number of hydrogen-bond acceptors (Lipinski definition) is 2. The maximum Gasteiger partial charge on any atom is 0.254 e. The molecule has 1 amide bonds. The van der Waals surface area contributed by atoms with E-state index in [0.29, 0.717) is 16.6 Å². The summed E-state index contributed by atoms with van der Waals surface area (Å²) in [5.74, 6) is -0.394. The van der Waals surface area contributed by atoms with E-state index in [-0.39, 0.29) is 30.2 Å². The van der Waals surface area contributed by atoms with Crippen molar-refractivity contribution in [3.8, 4) is 0 Å². The Hall–Kier alpha value is -0.650. The van der Waals surface area contributed by atoms with Gasteiger partial charge in [-0.2, -0.15) is 0 Å². The zero-order valence-corrected chi connectivity index (χ0v) is 12.4. The molecule has 1 saturated heterocycles. The summed E-state index contributed by atoms with van der Waals surface area (Å²) in [5, 5.41) is 3.23. The van der Waals surface area contributed by atoms with Crippen molar-refractivity contribution in [2.75, 3.05) is 19.6 Å². The minimum atomic E-state index is -0.352. The van der Waals surface area contributed by atoms with Gasteiger partial charge in [0.05, 0.1) is 4.47 Å². The average Bonchev–Trinajstić information content (AvgIpc) is 2.32. The molecule has 2 rings (SSSR count). The minimum Gasteiger partial charge on any atom is -0.333 e. The van der Waals surface area contributed by atoms with Gasteiger partial charge >= 0.3 is 0 Å². The Labute approximate surface area is 120 Å². The van der Waals surface area contributed by atoms with Crippen LogP contribution in [-0.4, -0.2) is 36.5 Å². The average molecular weight is 338 g/mol. The van der Waals surface area contributed by atoms with Gasteiger partial charge in [0.15, 0.2) is 0 Å². The molecule has 0 unspecified atom stereocenters. The number of benzene rings is 1. The summed E-state index contributed by atoms with van der Waals surface area (Å²) in [6.45, 7) is 4.30. The Balaban J connectivity index is 0.00000162. The van der Waals surface area contributed by atoms with E-state index in [1.807, 2.05) is 11.8 Å². The third kappa shape index (κ3) is 3.22. The molecular formula is C12H15BrClFN2O. The number of nitrogens with zero attached hydrogens (tertiary/aromatic N) is 1. The van der Waals surface area contributed by atoms with Crippen molar-refractivity contribution < 1.29 is 9.18 Å². The van der Waals surface area contributed by atoms with Crippen LogP contribution in [0.4, 0.5) is 4.39 Å². The van der Waals surface area contributed by atoms with Crippen molar-refractivity contribution in [2.24, 2.45) is 0 Å². The number of halogens is 3. The van der Waals surface area contributed by atoms with Crippen LogP contribution in [0.3, 0.4) is 0 Å². The quantitative estimate of drug-likeness (QED) is 0.854. The first-order chi connectivity index (χ1) is 8.09. The molecule has 0 radical (unpaired) electrons. The number of hydrogen-bond donors (Lipinski definition) is 1. The lowest BCUT2D eigenvalue weighted by Gasteiger charge is -2.34. The molecule has 1 fully saturated rings. The SMILES string of the molecule is C[C@@H]1CNCCN1C(=O)c1ccc(F)c(Br)c1.Cl. The van der Waals surface area contributed by atoms with Crippen LogP contribution in [0.2, 0.25) is 0 Å². The number of amides is 1. The highest BCUT2D eigenvalue weighted by Gasteiger charge is 2.24. The number of rotatable bonds is 1. The molecule has 1 aromatic carbocycles. The predicted octanol–water partition coefficient (Wildman–Crippen LogP) is 2.44. The number of carbonyl (C=O) groups is 1. The maximum atomic E-state index is 13.1. The van der Waals surface area contributed by atoms with Crippen molar-refractivity contribution in [2.45, 2.75) is 13.0 Å². The van der Waals surface area contributed by atoms with Gasteiger partial charge in [0.1, 0.15) is 5.82 Å². The lowest BCUT2D eigenvalue weighted by Crippen LogP contribution is -2.52. The van der Waals surface area contributed by atoms with Crippen LogP contribution in [0.5, 0.6) is 0 Å². The number of carbonyl (C=O) groups excluding carboxylic acids is 1. The molecule has 0 aromatic heterocycles. The van der Waals surface area contributed by atoms with E-state index in [1.54, 1.807) is 0 Å². The molecule has 1 heterocycles. The van der Waals surface area contributed by atoms with E-state index in [4.69, 9.17) is 0 Å². The van der Waals surface area contributed by atoms with Crippen molar-refractivity contribution in [1.82, 2.24) is 10.2 Å². The van der Waals surface area contributed by atoms with Crippen LogP contribution >= 0.6 is 28.3 Å². The normalized spacial score (nSPS) is 19.3. The van der Waals surface area contributed by atoms with Crippen molar-refractivity contribution >= 4 is 34.2 Å². The molecule has 1 atom stereocenters. The van der Waals surface area contributed by atoms with Gasteiger partial charge in [0.25, 0.3) is 5.91 Å². The number of nitrogens with one attached hydrogen (secondary N) is 1. The highest BCUT2D eigenvalue weighted by molar-refractivity contribution is 9.10. The summed E-state index contributed by atoms with van der Waals surface area (Å²) >= 11 is 3.10. The topological polar surface area (TPSA) is 32.3 Å². The van der Waals surface area contributed by atoms with Crippen LogP contribution in [0, 0.1) is 5.82 Å². The van der Waals surface area contributed by atoms with Gasteiger partial charge in [0, 0.05) is 31.2 Å². The van der Waals surface area contributed by atoms with Gasteiger partial charge in [0.2, 0.25) is 0 Å². The predicted molar refractivity (Wildman–Crippen MR) is 74.7 cm³/mol. The lowest BCUT2D eigenvalue weighted by molar-refractivity contribution is 0.0655. The van der Waals surface area contributed by atoms with Gasteiger partial charge in [-0.15, -0.1) is 12.4 Å². The molecule has 1 aromatic rings. The van der Waals surface area contributed by atoms with Crippen LogP contribution in [-0.2, 0) is 0 Å². The maximum absolute atomic E-state index is 13.1.